The van der Waals surface area contributed by atoms with Crippen molar-refractivity contribution >= 4 is 10.9 Å². The molecule has 0 saturated carbocycles. The third-order valence-corrected chi connectivity index (χ3v) is 4.35. The van der Waals surface area contributed by atoms with Crippen LogP contribution in [-0.4, -0.2) is 4.98 Å². The number of rotatable bonds is 1. The lowest BCUT2D eigenvalue weighted by Crippen LogP contribution is -1.93. The lowest BCUT2D eigenvalue weighted by atomic mass is 9.98. The zero-order valence-electron chi connectivity index (χ0n) is 13.4. The van der Waals surface area contributed by atoms with Crippen molar-refractivity contribution in [2.24, 2.45) is 0 Å². The zero-order valence-corrected chi connectivity index (χ0v) is 13.4. The molecule has 106 valence electrons. The molecule has 2 aromatic carbocycles. The first-order valence-corrected chi connectivity index (χ1v) is 7.42. The number of pyridine rings is 1. The molecule has 0 unspecified atom stereocenters. The largest absolute Gasteiger partial charge is 0.248 e. The van der Waals surface area contributed by atoms with Crippen LogP contribution in [0.15, 0.2) is 36.4 Å². The SMILES string of the molecule is Cc1cc(C)cc(-c2ccc3c(C)c(C)c(C)cc3n2)c1. The first kappa shape index (κ1) is 13.8. The van der Waals surface area contributed by atoms with E-state index in [1.165, 1.54) is 38.8 Å². The van der Waals surface area contributed by atoms with Gasteiger partial charge in [-0.2, -0.15) is 0 Å². The van der Waals surface area contributed by atoms with E-state index >= 15 is 0 Å². The Kier molecular flexibility index (Phi) is 3.29. The van der Waals surface area contributed by atoms with Gasteiger partial charge in [-0.25, -0.2) is 4.98 Å². The van der Waals surface area contributed by atoms with Gasteiger partial charge in [0.1, 0.15) is 0 Å². The van der Waals surface area contributed by atoms with E-state index < -0.39 is 0 Å². The molecule has 0 fully saturated rings. The van der Waals surface area contributed by atoms with Crippen molar-refractivity contribution < 1.29 is 0 Å². The molecule has 0 aliphatic rings. The second-order valence-electron chi connectivity index (χ2n) is 6.08. The van der Waals surface area contributed by atoms with Crippen molar-refractivity contribution in [2.75, 3.05) is 0 Å². The smallest absolute Gasteiger partial charge is 0.0715 e. The van der Waals surface area contributed by atoms with Gasteiger partial charge in [0, 0.05) is 10.9 Å². The van der Waals surface area contributed by atoms with E-state index in [0.717, 1.165) is 11.2 Å². The highest BCUT2D eigenvalue weighted by Crippen LogP contribution is 2.27. The van der Waals surface area contributed by atoms with E-state index in [4.69, 9.17) is 4.98 Å². The fourth-order valence-electron chi connectivity index (χ4n) is 3.00. The number of aryl methyl sites for hydroxylation is 4. The summed E-state index contributed by atoms with van der Waals surface area (Å²) >= 11 is 0. The minimum Gasteiger partial charge on any atom is -0.248 e. The summed E-state index contributed by atoms with van der Waals surface area (Å²) in [6, 6.07) is 13.1. The maximum absolute atomic E-state index is 4.89. The molecule has 21 heavy (non-hydrogen) atoms. The molecule has 0 aliphatic carbocycles. The Balaban J connectivity index is 2.24. The first-order chi connectivity index (χ1) is 9.95. The minimum absolute atomic E-state index is 1.05. The molecule has 3 aromatic rings. The molecule has 1 heteroatoms. The molecule has 1 heterocycles. The number of fused-ring (bicyclic) bond motifs is 1. The van der Waals surface area contributed by atoms with Gasteiger partial charge in [0.15, 0.2) is 0 Å². The first-order valence-electron chi connectivity index (χ1n) is 7.42. The number of nitrogens with zero attached hydrogens (tertiary/aromatic N) is 1. The Morgan fingerprint density at radius 1 is 0.714 bits per heavy atom. The summed E-state index contributed by atoms with van der Waals surface area (Å²) in [6.07, 6.45) is 0. The predicted octanol–water partition coefficient (Wildman–Crippen LogP) is 5.44. The number of aromatic nitrogens is 1. The zero-order chi connectivity index (χ0) is 15.1. The Bertz CT molecular complexity index is 824. The molecule has 0 amide bonds. The summed E-state index contributed by atoms with van der Waals surface area (Å²) in [7, 11) is 0. The van der Waals surface area contributed by atoms with Gasteiger partial charge in [-0.3, -0.25) is 0 Å². The lowest BCUT2D eigenvalue weighted by molar-refractivity contribution is 1.27. The Morgan fingerprint density at radius 2 is 1.38 bits per heavy atom. The van der Waals surface area contributed by atoms with Crippen LogP contribution < -0.4 is 0 Å². The van der Waals surface area contributed by atoms with Crippen LogP contribution in [-0.2, 0) is 0 Å². The van der Waals surface area contributed by atoms with Crippen LogP contribution >= 0.6 is 0 Å². The van der Waals surface area contributed by atoms with Gasteiger partial charge in [-0.05, 0) is 75.6 Å². The quantitative estimate of drug-likeness (QED) is 0.576. The normalized spacial score (nSPS) is 11.1. The molecule has 0 saturated heterocycles. The van der Waals surface area contributed by atoms with Crippen LogP contribution in [0.25, 0.3) is 22.2 Å². The molecule has 0 aliphatic heterocycles. The molecule has 0 radical (unpaired) electrons. The van der Waals surface area contributed by atoms with Gasteiger partial charge >= 0.3 is 0 Å². The highest BCUT2D eigenvalue weighted by atomic mass is 14.7. The van der Waals surface area contributed by atoms with Crippen molar-refractivity contribution in [3.63, 3.8) is 0 Å². The van der Waals surface area contributed by atoms with Gasteiger partial charge in [0.25, 0.3) is 0 Å². The molecular weight excluding hydrogens is 254 g/mol. The van der Waals surface area contributed by atoms with Crippen LogP contribution in [0, 0.1) is 34.6 Å². The number of benzene rings is 2. The van der Waals surface area contributed by atoms with Crippen LogP contribution in [0.2, 0.25) is 0 Å². The van der Waals surface area contributed by atoms with Crippen LogP contribution in [0.5, 0.6) is 0 Å². The topological polar surface area (TPSA) is 12.9 Å². The van der Waals surface area contributed by atoms with E-state index in [0.29, 0.717) is 0 Å². The number of hydrogen-bond donors (Lipinski definition) is 0. The van der Waals surface area contributed by atoms with Crippen molar-refractivity contribution in [2.45, 2.75) is 34.6 Å². The summed E-state index contributed by atoms with van der Waals surface area (Å²) in [4.78, 5) is 4.89. The third kappa shape index (κ3) is 2.44. The number of hydrogen-bond acceptors (Lipinski definition) is 1. The van der Waals surface area contributed by atoms with Crippen molar-refractivity contribution in [1.82, 2.24) is 4.98 Å². The summed E-state index contributed by atoms with van der Waals surface area (Å²) in [5, 5.41) is 1.26. The molecule has 1 nitrogen and oxygen atoms in total. The summed E-state index contributed by atoms with van der Waals surface area (Å²) in [5.74, 6) is 0. The van der Waals surface area contributed by atoms with Crippen LogP contribution in [0.4, 0.5) is 0 Å². The summed E-state index contributed by atoms with van der Waals surface area (Å²) < 4.78 is 0. The monoisotopic (exact) mass is 275 g/mol. The van der Waals surface area contributed by atoms with Crippen LogP contribution in [0.3, 0.4) is 0 Å². The molecule has 0 spiro atoms. The van der Waals surface area contributed by atoms with Crippen molar-refractivity contribution in [3.8, 4) is 11.3 Å². The van der Waals surface area contributed by atoms with Crippen molar-refractivity contribution in [1.29, 1.82) is 0 Å². The Morgan fingerprint density at radius 3 is 2.05 bits per heavy atom. The Hall–Kier alpha value is -2.15. The summed E-state index contributed by atoms with van der Waals surface area (Å²) in [6.45, 7) is 10.8. The van der Waals surface area contributed by atoms with E-state index in [1.807, 2.05) is 0 Å². The average Bonchev–Trinajstić information content (AvgIpc) is 2.43. The highest BCUT2D eigenvalue weighted by Gasteiger charge is 2.07. The second kappa shape index (κ2) is 5.00. The highest BCUT2D eigenvalue weighted by molar-refractivity contribution is 5.86. The molecule has 3 rings (SSSR count). The maximum atomic E-state index is 4.89. The lowest BCUT2D eigenvalue weighted by Gasteiger charge is -2.11. The maximum Gasteiger partial charge on any atom is 0.0715 e. The predicted molar refractivity (Wildman–Crippen MR) is 90.9 cm³/mol. The Labute approximate surface area is 126 Å². The van der Waals surface area contributed by atoms with E-state index in [2.05, 4.69) is 71.0 Å². The fraction of sp³-hybridized carbons (Fsp3) is 0.250. The molecular formula is C20H21N. The molecule has 1 aromatic heterocycles. The third-order valence-electron chi connectivity index (χ3n) is 4.35. The molecule has 0 atom stereocenters. The van der Waals surface area contributed by atoms with Gasteiger partial charge in [-0.15, -0.1) is 0 Å². The van der Waals surface area contributed by atoms with Gasteiger partial charge in [0.2, 0.25) is 0 Å². The van der Waals surface area contributed by atoms with Crippen molar-refractivity contribution in [3.05, 3.63) is 64.2 Å². The van der Waals surface area contributed by atoms with Crippen LogP contribution in [0.1, 0.15) is 27.8 Å². The van der Waals surface area contributed by atoms with E-state index in [9.17, 15) is 0 Å². The fourth-order valence-corrected chi connectivity index (χ4v) is 3.00. The van der Waals surface area contributed by atoms with Gasteiger partial charge < -0.3 is 0 Å². The minimum atomic E-state index is 1.05. The van der Waals surface area contributed by atoms with Gasteiger partial charge in [-0.1, -0.05) is 23.3 Å². The van der Waals surface area contributed by atoms with E-state index in [-0.39, 0.29) is 0 Å². The van der Waals surface area contributed by atoms with Gasteiger partial charge in [0.05, 0.1) is 11.2 Å². The summed E-state index contributed by atoms with van der Waals surface area (Å²) in [5.41, 5.74) is 9.92. The molecule has 0 N–H and O–H groups in total. The standard InChI is InChI=1S/C20H21N/c1-12-8-13(2)10-17(9-12)19-7-6-18-16(5)15(4)14(3)11-20(18)21-19/h6-11H,1-5H3. The average molecular weight is 275 g/mol. The van der Waals surface area contributed by atoms with E-state index in [1.54, 1.807) is 0 Å². The second-order valence-corrected chi connectivity index (χ2v) is 6.08. The molecule has 0 bridgehead atoms.